The Hall–Kier alpha value is -1.02. The van der Waals surface area contributed by atoms with Crippen LogP contribution < -0.4 is 10.2 Å². The third-order valence-corrected chi connectivity index (χ3v) is 20.1. The summed E-state index contributed by atoms with van der Waals surface area (Å²) in [6, 6.07) is -0.903. The summed E-state index contributed by atoms with van der Waals surface area (Å²) in [7, 11) is 1.27. The van der Waals surface area contributed by atoms with Gasteiger partial charge in [-0.15, -0.1) is 0 Å². The molecule has 0 aromatic carbocycles. The predicted octanol–water partition coefficient (Wildman–Crippen LogP) is 25.9. The highest BCUT2D eigenvalue weighted by Crippen LogP contribution is 2.38. The number of quaternary nitrogens is 1. The summed E-state index contributed by atoms with van der Waals surface area (Å²) < 4.78 is 23.5. The zero-order chi connectivity index (χ0) is 65.5. The quantitative estimate of drug-likeness (QED) is 0.0272. The smallest absolute Gasteiger partial charge is 0.268 e. The highest BCUT2D eigenvalue weighted by molar-refractivity contribution is 7.45. The summed E-state index contributed by atoms with van der Waals surface area (Å²) in [5, 5.41) is 14.0. The molecule has 3 unspecified atom stereocenters. The molecule has 0 aliphatic heterocycles. The lowest BCUT2D eigenvalue weighted by molar-refractivity contribution is -0.870. The zero-order valence-electron chi connectivity index (χ0n) is 61.6. The third-order valence-electron chi connectivity index (χ3n) is 19.2. The lowest BCUT2D eigenvalue weighted by atomic mass is 10.0. The Kier molecular flexibility index (Phi) is 71.4. The highest BCUT2D eigenvalue weighted by Gasteiger charge is 2.23. The van der Waals surface area contributed by atoms with E-state index in [0.717, 1.165) is 38.5 Å². The van der Waals surface area contributed by atoms with E-state index in [1.807, 2.05) is 27.2 Å². The van der Waals surface area contributed by atoms with Gasteiger partial charge in [0.2, 0.25) is 5.91 Å². The van der Waals surface area contributed by atoms with Gasteiger partial charge in [-0.3, -0.25) is 9.36 Å². The monoisotopic (exact) mass is 1290 g/mol. The molecule has 0 spiro atoms. The van der Waals surface area contributed by atoms with E-state index in [2.05, 4.69) is 31.3 Å². The SMILES string of the molecule is CCCCCCCCCCCCCCCCCCCCCCC/C=C/CC/C=C/C(O)C(COP(=O)([O-])OCC[N+](C)(C)C)NC(=O)CCCCCCCCCCCCCCCCCCCCCCCCCCCCCCCCCCCCCCCCCCC. The van der Waals surface area contributed by atoms with Crippen molar-refractivity contribution in [1.82, 2.24) is 5.32 Å². The van der Waals surface area contributed by atoms with Gasteiger partial charge in [-0.2, -0.15) is 0 Å². The first-order valence-electron chi connectivity index (χ1n) is 40.7. The van der Waals surface area contributed by atoms with Crippen molar-refractivity contribution in [1.29, 1.82) is 0 Å². The Morgan fingerprint density at radius 1 is 0.378 bits per heavy atom. The molecule has 0 saturated heterocycles. The second-order valence-corrected chi connectivity index (χ2v) is 30.9. The molecule has 0 aliphatic rings. The van der Waals surface area contributed by atoms with Crippen molar-refractivity contribution in [2.75, 3.05) is 40.9 Å². The van der Waals surface area contributed by atoms with E-state index in [1.165, 1.54) is 379 Å². The minimum atomic E-state index is -4.61. The molecule has 8 nitrogen and oxygen atoms in total. The van der Waals surface area contributed by atoms with Gasteiger partial charge in [0, 0.05) is 6.42 Å². The molecule has 0 aliphatic carbocycles. The maximum Gasteiger partial charge on any atom is 0.268 e. The van der Waals surface area contributed by atoms with E-state index in [0.29, 0.717) is 17.4 Å². The number of carbonyl (C=O) groups is 1. The van der Waals surface area contributed by atoms with Crippen LogP contribution in [0.5, 0.6) is 0 Å². The number of hydrogen-bond acceptors (Lipinski definition) is 6. The van der Waals surface area contributed by atoms with Crippen molar-refractivity contribution < 1.29 is 32.9 Å². The fourth-order valence-electron chi connectivity index (χ4n) is 12.9. The van der Waals surface area contributed by atoms with E-state index in [4.69, 9.17) is 9.05 Å². The number of aliphatic hydroxyl groups is 1. The molecule has 0 aromatic rings. The normalized spacial score (nSPS) is 13.5. The Morgan fingerprint density at radius 2 is 0.622 bits per heavy atom. The van der Waals surface area contributed by atoms with Crippen LogP contribution in [-0.2, 0) is 18.4 Å². The predicted molar refractivity (Wildman–Crippen MR) is 395 cm³/mol. The van der Waals surface area contributed by atoms with Gasteiger partial charge in [0.05, 0.1) is 39.9 Å². The third kappa shape index (κ3) is 74.4. The van der Waals surface area contributed by atoms with Crippen LogP contribution in [0.25, 0.3) is 0 Å². The molecule has 0 rings (SSSR count). The number of nitrogens with zero attached hydrogens (tertiary/aromatic N) is 1. The molecule has 0 fully saturated rings. The van der Waals surface area contributed by atoms with E-state index >= 15 is 0 Å². The number of hydrogen-bond donors (Lipinski definition) is 2. The molecule has 0 heterocycles. The Morgan fingerprint density at radius 3 is 0.900 bits per heavy atom. The number of carbonyl (C=O) groups excluding carboxylic acids is 1. The molecule has 0 saturated carbocycles. The molecule has 0 radical (unpaired) electrons. The van der Waals surface area contributed by atoms with Crippen molar-refractivity contribution in [3.05, 3.63) is 24.3 Å². The lowest BCUT2D eigenvalue weighted by Gasteiger charge is -2.29. The summed E-state index contributed by atoms with van der Waals surface area (Å²) in [4.78, 5) is 25.7. The van der Waals surface area contributed by atoms with Crippen LogP contribution in [0, 0.1) is 0 Å². The first-order chi connectivity index (χ1) is 44.0. The molecular formula is C81H161N2O6P. The minimum absolute atomic E-state index is 0.00328. The van der Waals surface area contributed by atoms with Crippen LogP contribution in [0.15, 0.2) is 24.3 Å². The van der Waals surface area contributed by atoms with Crippen molar-refractivity contribution in [3.8, 4) is 0 Å². The highest BCUT2D eigenvalue weighted by atomic mass is 31.2. The lowest BCUT2D eigenvalue weighted by Crippen LogP contribution is -2.45. The fourth-order valence-corrected chi connectivity index (χ4v) is 13.6. The van der Waals surface area contributed by atoms with E-state index < -0.39 is 20.0 Å². The van der Waals surface area contributed by atoms with Gasteiger partial charge in [0.15, 0.2) is 0 Å². The van der Waals surface area contributed by atoms with Crippen LogP contribution in [0.2, 0.25) is 0 Å². The van der Waals surface area contributed by atoms with E-state index in [9.17, 15) is 19.4 Å². The van der Waals surface area contributed by atoms with Crippen LogP contribution >= 0.6 is 7.82 Å². The summed E-state index contributed by atoms with van der Waals surface area (Å²) in [5.41, 5.74) is 0. The standard InChI is InChI=1S/C81H161N2O6P/c1-6-8-10-12-14-16-18-20-22-24-26-28-30-32-34-35-36-37-38-39-40-41-42-43-44-45-46-47-49-51-53-55-57-59-61-63-65-67-69-71-73-75-81(85)82-79(78-89-90(86,87)88-77-76-83(3,4)5)80(84)74-72-70-68-66-64-62-60-58-56-54-52-50-48-33-31-29-27-25-23-21-19-17-15-13-11-9-7-2/h64,66,72,74,79-80,84H,6-63,65,67-71,73,75-78H2,1-5H3,(H-,82,85,86,87)/b66-64+,74-72+. The fraction of sp³-hybridized carbons (Fsp3) is 0.938. The van der Waals surface area contributed by atoms with Gasteiger partial charge in [-0.05, 0) is 32.1 Å². The maximum absolute atomic E-state index is 13.1. The number of amides is 1. The molecule has 0 aromatic heterocycles. The van der Waals surface area contributed by atoms with E-state index in [-0.39, 0.29) is 19.1 Å². The second-order valence-electron chi connectivity index (χ2n) is 29.5. The van der Waals surface area contributed by atoms with Crippen LogP contribution in [0.4, 0.5) is 0 Å². The summed E-state index contributed by atoms with van der Waals surface area (Å²) in [6.07, 6.45) is 96.6. The van der Waals surface area contributed by atoms with Gasteiger partial charge in [0.1, 0.15) is 13.2 Å². The van der Waals surface area contributed by atoms with Gasteiger partial charge in [0.25, 0.3) is 7.82 Å². The molecule has 3 atom stereocenters. The average molecular weight is 1290 g/mol. The topological polar surface area (TPSA) is 108 Å². The number of phosphoric ester groups is 1. The maximum atomic E-state index is 13.1. The van der Waals surface area contributed by atoms with Crippen LogP contribution in [-0.4, -0.2) is 68.5 Å². The van der Waals surface area contributed by atoms with E-state index in [1.54, 1.807) is 6.08 Å². The molecular weight excluding hydrogens is 1130 g/mol. The average Bonchev–Trinajstić information content (AvgIpc) is 3.39. The number of phosphoric acid groups is 1. The number of unbranched alkanes of at least 4 members (excludes halogenated alkanes) is 62. The molecule has 9 heteroatoms. The van der Waals surface area contributed by atoms with Crippen molar-refractivity contribution >= 4 is 13.7 Å². The molecule has 536 valence electrons. The van der Waals surface area contributed by atoms with Crippen LogP contribution in [0.1, 0.15) is 438 Å². The first-order valence-corrected chi connectivity index (χ1v) is 42.2. The van der Waals surface area contributed by atoms with Gasteiger partial charge < -0.3 is 28.8 Å². The second kappa shape index (κ2) is 72.3. The van der Waals surface area contributed by atoms with Gasteiger partial charge in [-0.1, -0.05) is 423 Å². The number of allylic oxidation sites excluding steroid dienone is 3. The summed E-state index contributed by atoms with van der Waals surface area (Å²) in [6.45, 7) is 4.71. The Balaban J connectivity index is 3.90. The summed E-state index contributed by atoms with van der Waals surface area (Å²) in [5.74, 6) is -0.197. The Bertz CT molecular complexity index is 1520. The minimum Gasteiger partial charge on any atom is -0.756 e. The molecule has 1 amide bonds. The molecule has 90 heavy (non-hydrogen) atoms. The van der Waals surface area contributed by atoms with Crippen molar-refractivity contribution in [2.45, 2.75) is 450 Å². The number of aliphatic hydroxyl groups excluding tert-OH is 1. The number of nitrogens with one attached hydrogen (secondary N) is 1. The first kappa shape index (κ1) is 89.0. The molecule has 0 bridgehead atoms. The largest absolute Gasteiger partial charge is 0.756 e. The molecule has 2 N–H and O–H groups in total. The number of rotatable bonds is 77. The van der Waals surface area contributed by atoms with Gasteiger partial charge >= 0.3 is 0 Å². The zero-order valence-corrected chi connectivity index (χ0v) is 62.5. The Labute approximate surface area is 564 Å². The van der Waals surface area contributed by atoms with Gasteiger partial charge in [-0.25, -0.2) is 0 Å². The summed E-state index contributed by atoms with van der Waals surface area (Å²) >= 11 is 0. The number of likely N-dealkylation sites (N-methyl/N-ethyl adjacent to an activating group) is 1. The van der Waals surface area contributed by atoms with Crippen LogP contribution in [0.3, 0.4) is 0 Å². The van der Waals surface area contributed by atoms with Crippen molar-refractivity contribution in [2.24, 2.45) is 0 Å². The van der Waals surface area contributed by atoms with Crippen molar-refractivity contribution in [3.63, 3.8) is 0 Å².